The van der Waals surface area contributed by atoms with Crippen LogP contribution in [0.5, 0.6) is 0 Å². The molecule has 0 amide bonds. The molecule has 3 atom stereocenters. The van der Waals surface area contributed by atoms with E-state index in [-0.39, 0.29) is 17.3 Å². The van der Waals surface area contributed by atoms with Crippen LogP contribution >= 0.6 is 22.6 Å². The molecule has 110 valence electrons. The molecule has 0 spiro atoms. The molecule has 2 fully saturated rings. The van der Waals surface area contributed by atoms with Crippen molar-refractivity contribution in [2.24, 2.45) is 0 Å². The third kappa shape index (κ3) is 2.42. The number of hydrogen-bond acceptors (Lipinski definition) is 2. The van der Waals surface area contributed by atoms with Crippen molar-refractivity contribution in [3.63, 3.8) is 0 Å². The molecule has 0 N–H and O–H groups in total. The second-order valence-corrected chi connectivity index (χ2v) is 7.31. The largest absolute Gasteiger partial charge is 0.370 e. The molecule has 0 aliphatic carbocycles. The quantitative estimate of drug-likeness (QED) is 0.684. The van der Waals surface area contributed by atoms with Gasteiger partial charge in [0.05, 0.1) is 23.9 Å². The van der Waals surface area contributed by atoms with Crippen molar-refractivity contribution in [3.05, 3.63) is 33.4 Å². The van der Waals surface area contributed by atoms with Crippen LogP contribution in [0, 0.1) is 3.57 Å². The van der Waals surface area contributed by atoms with Crippen molar-refractivity contribution >= 4 is 22.6 Å². The smallest absolute Gasteiger partial charge is 0.0950 e. The minimum Gasteiger partial charge on any atom is -0.370 e. The predicted molar refractivity (Wildman–Crippen MR) is 88.7 cm³/mol. The molecule has 0 unspecified atom stereocenters. The highest BCUT2D eigenvalue weighted by Crippen LogP contribution is 2.55. The molecule has 3 rings (SSSR count). The summed E-state index contributed by atoms with van der Waals surface area (Å²) in [7, 11) is 0. The van der Waals surface area contributed by atoms with Crippen molar-refractivity contribution in [2.45, 2.75) is 69.9 Å². The van der Waals surface area contributed by atoms with E-state index < -0.39 is 0 Å². The molecule has 2 heterocycles. The van der Waals surface area contributed by atoms with Crippen LogP contribution in [-0.2, 0) is 16.1 Å². The molecule has 2 aliphatic heterocycles. The SMILES string of the molecule is CC[C@@]12CC[C@@](CC)(O1)[C@@H](OCc1ccccc1I)C2. The zero-order valence-electron chi connectivity index (χ0n) is 12.3. The van der Waals surface area contributed by atoms with Gasteiger partial charge in [0.1, 0.15) is 0 Å². The van der Waals surface area contributed by atoms with E-state index in [4.69, 9.17) is 9.47 Å². The topological polar surface area (TPSA) is 18.5 Å². The minimum atomic E-state index is -0.0176. The second kappa shape index (κ2) is 5.58. The van der Waals surface area contributed by atoms with Crippen LogP contribution in [0.25, 0.3) is 0 Å². The Hall–Kier alpha value is -0.130. The van der Waals surface area contributed by atoms with E-state index in [0.717, 1.165) is 25.7 Å². The fourth-order valence-corrected chi connectivity index (χ4v) is 4.30. The minimum absolute atomic E-state index is 0.0176. The summed E-state index contributed by atoms with van der Waals surface area (Å²) < 4.78 is 14.0. The molecular formula is C17H23IO2. The van der Waals surface area contributed by atoms with Crippen LogP contribution in [0.4, 0.5) is 0 Å². The van der Waals surface area contributed by atoms with E-state index in [9.17, 15) is 0 Å². The fraction of sp³-hybridized carbons (Fsp3) is 0.647. The van der Waals surface area contributed by atoms with Gasteiger partial charge < -0.3 is 9.47 Å². The number of fused-ring (bicyclic) bond motifs is 2. The van der Waals surface area contributed by atoms with E-state index in [1.807, 2.05) is 0 Å². The third-order valence-electron chi connectivity index (χ3n) is 5.21. The molecule has 2 nitrogen and oxygen atoms in total. The van der Waals surface area contributed by atoms with Gasteiger partial charge in [-0.3, -0.25) is 0 Å². The van der Waals surface area contributed by atoms with Crippen LogP contribution in [0.15, 0.2) is 24.3 Å². The Kier molecular flexibility index (Phi) is 4.13. The first kappa shape index (κ1) is 14.8. The molecule has 2 aliphatic rings. The summed E-state index contributed by atoms with van der Waals surface area (Å²) in [6, 6.07) is 8.45. The molecule has 2 bridgehead atoms. The van der Waals surface area contributed by atoms with Crippen LogP contribution in [0.3, 0.4) is 0 Å². The average Bonchev–Trinajstić information content (AvgIpc) is 3.01. The molecule has 2 saturated heterocycles. The molecule has 1 aromatic carbocycles. The lowest BCUT2D eigenvalue weighted by molar-refractivity contribution is -0.0996. The molecule has 3 heteroatoms. The van der Waals surface area contributed by atoms with Crippen molar-refractivity contribution in [1.29, 1.82) is 0 Å². The van der Waals surface area contributed by atoms with Crippen LogP contribution in [0.1, 0.15) is 51.5 Å². The molecule has 0 radical (unpaired) electrons. The monoisotopic (exact) mass is 386 g/mol. The molecule has 0 aromatic heterocycles. The Morgan fingerprint density at radius 2 is 2.05 bits per heavy atom. The molecular weight excluding hydrogens is 363 g/mol. The maximum atomic E-state index is 6.45. The van der Waals surface area contributed by atoms with Crippen molar-refractivity contribution in [2.75, 3.05) is 0 Å². The lowest BCUT2D eigenvalue weighted by atomic mass is 9.77. The molecule has 1 aromatic rings. The van der Waals surface area contributed by atoms with Gasteiger partial charge in [-0.25, -0.2) is 0 Å². The lowest BCUT2D eigenvalue weighted by Gasteiger charge is -2.32. The molecule has 0 saturated carbocycles. The predicted octanol–water partition coefficient (Wildman–Crippen LogP) is 4.69. The first-order chi connectivity index (χ1) is 9.63. The summed E-state index contributed by atoms with van der Waals surface area (Å²) in [6.45, 7) is 5.18. The Labute approximate surface area is 135 Å². The number of ether oxygens (including phenoxy) is 2. The highest BCUT2D eigenvalue weighted by atomic mass is 127. The Morgan fingerprint density at radius 1 is 1.25 bits per heavy atom. The maximum absolute atomic E-state index is 6.45. The van der Waals surface area contributed by atoms with Gasteiger partial charge in [0, 0.05) is 9.99 Å². The Morgan fingerprint density at radius 3 is 2.75 bits per heavy atom. The zero-order chi connectivity index (χ0) is 14.2. The average molecular weight is 386 g/mol. The number of hydrogen-bond donors (Lipinski definition) is 0. The van der Waals surface area contributed by atoms with E-state index >= 15 is 0 Å². The normalized spacial score (nSPS) is 35.6. The number of halogens is 1. The van der Waals surface area contributed by atoms with E-state index in [2.05, 4.69) is 60.7 Å². The van der Waals surface area contributed by atoms with Gasteiger partial charge in [0.2, 0.25) is 0 Å². The van der Waals surface area contributed by atoms with Crippen LogP contribution < -0.4 is 0 Å². The van der Waals surface area contributed by atoms with Crippen LogP contribution in [0.2, 0.25) is 0 Å². The van der Waals surface area contributed by atoms with E-state index in [0.29, 0.717) is 6.61 Å². The molecule has 20 heavy (non-hydrogen) atoms. The number of rotatable bonds is 5. The van der Waals surface area contributed by atoms with Gasteiger partial charge >= 0.3 is 0 Å². The summed E-state index contributed by atoms with van der Waals surface area (Å²) >= 11 is 2.38. The fourth-order valence-electron chi connectivity index (χ4n) is 3.75. The highest BCUT2D eigenvalue weighted by Gasteiger charge is 2.60. The van der Waals surface area contributed by atoms with Crippen LogP contribution in [-0.4, -0.2) is 17.3 Å². The van der Waals surface area contributed by atoms with Gasteiger partial charge in [-0.15, -0.1) is 0 Å². The Bertz CT molecular complexity index is 490. The summed E-state index contributed by atoms with van der Waals surface area (Å²) in [5.74, 6) is 0. The van der Waals surface area contributed by atoms with Gasteiger partial charge in [0.15, 0.2) is 0 Å². The van der Waals surface area contributed by atoms with E-state index in [1.165, 1.54) is 15.6 Å². The Balaban J connectivity index is 1.71. The summed E-state index contributed by atoms with van der Waals surface area (Å²) in [6.07, 6.45) is 5.87. The highest BCUT2D eigenvalue weighted by molar-refractivity contribution is 14.1. The van der Waals surface area contributed by atoms with Crippen molar-refractivity contribution in [1.82, 2.24) is 0 Å². The first-order valence-electron chi connectivity index (χ1n) is 7.68. The van der Waals surface area contributed by atoms with Crippen molar-refractivity contribution in [3.8, 4) is 0 Å². The standard InChI is InChI=1S/C17H23IO2/c1-3-16-9-10-17(4-2,20-16)15(11-16)19-12-13-7-5-6-8-14(13)18/h5-8,15H,3-4,9-12H2,1-2H3/t15-,16-,17+/m0/s1. The van der Waals surface area contributed by atoms with Crippen molar-refractivity contribution < 1.29 is 9.47 Å². The summed E-state index contributed by atoms with van der Waals surface area (Å²) in [5, 5.41) is 0. The summed E-state index contributed by atoms with van der Waals surface area (Å²) in [5.41, 5.74) is 1.37. The first-order valence-corrected chi connectivity index (χ1v) is 8.76. The zero-order valence-corrected chi connectivity index (χ0v) is 14.5. The van der Waals surface area contributed by atoms with Gasteiger partial charge in [-0.1, -0.05) is 32.0 Å². The van der Waals surface area contributed by atoms with Gasteiger partial charge in [-0.05, 0) is 59.9 Å². The summed E-state index contributed by atoms with van der Waals surface area (Å²) in [4.78, 5) is 0. The third-order valence-corrected chi connectivity index (χ3v) is 6.26. The lowest BCUT2D eigenvalue weighted by Crippen LogP contribution is -2.39. The second-order valence-electron chi connectivity index (χ2n) is 6.15. The van der Waals surface area contributed by atoms with Gasteiger partial charge in [0.25, 0.3) is 0 Å². The maximum Gasteiger partial charge on any atom is 0.0950 e. The number of benzene rings is 1. The van der Waals surface area contributed by atoms with E-state index in [1.54, 1.807) is 0 Å². The van der Waals surface area contributed by atoms with Gasteiger partial charge in [-0.2, -0.15) is 0 Å².